The first kappa shape index (κ1) is 13.8. The third-order valence-corrected chi connectivity index (χ3v) is 2.64. The average molecular weight is 309 g/mol. The van der Waals surface area contributed by atoms with Crippen LogP contribution < -0.4 is 4.74 Å². The molecule has 0 saturated carbocycles. The Bertz CT molecular complexity index is 454. The van der Waals surface area contributed by atoms with Crippen LogP contribution in [-0.2, 0) is 11.8 Å². The van der Waals surface area contributed by atoms with Gasteiger partial charge in [-0.25, -0.2) is 4.98 Å². The van der Waals surface area contributed by atoms with Gasteiger partial charge in [-0.3, -0.25) is 0 Å². The molecule has 0 fully saturated rings. The SMILES string of the molecule is Cc1cnc(OC(F)(F)F)c(CBr)c1CC#N. The summed E-state index contributed by atoms with van der Waals surface area (Å²) in [7, 11) is 0. The van der Waals surface area contributed by atoms with Crippen molar-refractivity contribution in [3.63, 3.8) is 0 Å². The quantitative estimate of drug-likeness (QED) is 0.805. The molecule has 0 saturated heterocycles. The molecule has 0 aliphatic rings. The summed E-state index contributed by atoms with van der Waals surface area (Å²) in [5.74, 6) is -0.509. The lowest BCUT2D eigenvalue weighted by Crippen LogP contribution is -2.19. The summed E-state index contributed by atoms with van der Waals surface area (Å²) in [6, 6.07) is 1.90. The summed E-state index contributed by atoms with van der Waals surface area (Å²) >= 11 is 3.07. The first-order valence-electron chi connectivity index (χ1n) is 4.55. The maximum atomic E-state index is 12.1. The lowest BCUT2D eigenvalue weighted by atomic mass is 10.0. The molecule has 0 aliphatic heterocycles. The number of nitrogens with zero attached hydrogens (tertiary/aromatic N) is 2. The van der Waals surface area contributed by atoms with Gasteiger partial charge in [0, 0.05) is 17.1 Å². The Morgan fingerprint density at radius 1 is 1.47 bits per heavy atom. The van der Waals surface area contributed by atoms with Gasteiger partial charge in [-0.05, 0) is 18.1 Å². The molecule has 1 aromatic heterocycles. The second-order valence-corrected chi connectivity index (χ2v) is 3.78. The fourth-order valence-electron chi connectivity index (χ4n) is 1.34. The molecule has 1 rings (SSSR count). The van der Waals surface area contributed by atoms with E-state index < -0.39 is 12.2 Å². The molecule has 92 valence electrons. The lowest BCUT2D eigenvalue weighted by Gasteiger charge is -2.14. The van der Waals surface area contributed by atoms with Crippen LogP contribution in [0.15, 0.2) is 6.20 Å². The van der Waals surface area contributed by atoms with Gasteiger partial charge in [0.25, 0.3) is 0 Å². The highest BCUT2D eigenvalue weighted by Crippen LogP contribution is 2.29. The molecule has 0 spiro atoms. The lowest BCUT2D eigenvalue weighted by molar-refractivity contribution is -0.276. The fourth-order valence-corrected chi connectivity index (χ4v) is 1.92. The number of nitriles is 1. The minimum Gasteiger partial charge on any atom is -0.388 e. The van der Waals surface area contributed by atoms with Crippen LogP contribution in [0.3, 0.4) is 0 Å². The molecule has 0 bridgehead atoms. The van der Waals surface area contributed by atoms with Crippen LogP contribution in [0.2, 0.25) is 0 Å². The Hall–Kier alpha value is -1.29. The Morgan fingerprint density at radius 3 is 2.59 bits per heavy atom. The van der Waals surface area contributed by atoms with Crippen molar-refractivity contribution in [2.45, 2.75) is 25.0 Å². The summed E-state index contributed by atoms with van der Waals surface area (Å²) in [5, 5.41) is 8.78. The molecule has 0 radical (unpaired) electrons. The number of rotatable bonds is 3. The van der Waals surface area contributed by atoms with Gasteiger partial charge in [0.2, 0.25) is 5.88 Å². The molecule has 0 aliphatic carbocycles. The Kier molecular flexibility index (Phi) is 4.34. The number of ether oxygens (including phenoxy) is 1. The summed E-state index contributed by atoms with van der Waals surface area (Å²) in [4.78, 5) is 3.60. The average Bonchev–Trinajstić information content (AvgIpc) is 2.21. The van der Waals surface area contributed by atoms with Gasteiger partial charge in [0.05, 0.1) is 12.5 Å². The van der Waals surface area contributed by atoms with Gasteiger partial charge in [-0.1, -0.05) is 15.9 Å². The van der Waals surface area contributed by atoms with Crippen LogP contribution >= 0.6 is 15.9 Å². The number of aromatic nitrogens is 1. The van der Waals surface area contributed by atoms with Gasteiger partial charge in [-0.2, -0.15) is 5.26 Å². The Labute approximate surface area is 104 Å². The molecule has 3 nitrogen and oxygen atoms in total. The molecule has 0 N–H and O–H groups in total. The van der Waals surface area contributed by atoms with Gasteiger partial charge in [-0.15, -0.1) is 13.2 Å². The zero-order chi connectivity index (χ0) is 13.1. The van der Waals surface area contributed by atoms with Crippen molar-refractivity contribution in [2.24, 2.45) is 0 Å². The van der Waals surface area contributed by atoms with Gasteiger partial charge < -0.3 is 4.74 Å². The summed E-state index contributed by atoms with van der Waals surface area (Å²) in [5.41, 5.74) is 1.43. The van der Waals surface area contributed by atoms with E-state index in [4.69, 9.17) is 5.26 Å². The maximum Gasteiger partial charge on any atom is 0.574 e. The van der Waals surface area contributed by atoms with Crippen molar-refractivity contribution in [1.29, 1.82) is 5.26 Å². The first-order chi connectivity index (χ1) is 7.89. The molecule has 0 amide bonds. The molecular weight excluding hydrogens is 301 g/mol. The van der Waals surface area contributed by atoms with Crippen LogP contribution in [0.25, 0.3) is 0 Å². The second-order valence-electron chi connectivity index (χ2n) is 3.22. The molecule has 0 unspecified atom stereocenters. The highest BCUT2D eigenvalue weighted by atomic mass is 79.9. The summed E-state index contributed by atoms with van der Waals surface area (Å²) in [6.45, 7) is 1.68. The largest absolute Gasteiger partial charge is 0.574 e. The fraction of sp³-hybridized carbons (Fsp3) is 0.400. The van der Waals surface area contributed by atoms with E-state index in [2.05, 4.69) is 25.7 Å². The van der Waals surface area contributed by atoms with Crippen molar-refractivity contribution in [3.05, 3.63) is 22.9 Å². The van der Waals surface area contributed by atoms with E-state index in [0.29, 0.717) is 11.1 Å². The molecule has 17 heavy (non-hydrogen) atoms. The minimum absolute atomic E-state index is 0.0174. The molecular formula is C10H8BrF3N2O. The molecule has 0 atom stereocenters. The van der Waals surface area contributed by atoms with E-state index in [1.807, 2.05) is 6.07 Å². The predicted octanol–water partition coefficient (Wildman–Crippen LogP) is 3.25. The predicted molar refractivity (Wildman–Crippen MR) is 57.6 cm³/mol. The normalized spacial score (nSPS) is 11.1. The van der Waals surface area contributed by atoms with Crippen molar-refractivity contribution in [1.82, 2.24) is 4.98 Å². The number of alkyl halides is 4. The van der Waals surface area contributed by atoms with Crippen LogP contribution in [0.4, 0.5) is 13.2 Å². The monoisotopic (exact) mass is 308 g/mol. The number of aryl methyl sites for hydroxylation is 1. The number of halogens is 4. The maximum absolute atomic E-state index is 12.1. The van der Waals surface area contributed by atoms with E-state index in [1.54, 1.807) is 6.92 Å². The second kappa shape index (κ2) is 5.36. The smallest absolute Gasteiger partial charge is 0.388 e. The van der Waals surface area contributed by atoms with Gasteiger partial charge in [0.1, 0.15) is 0 Å². The van der Waals surface area contributed by atoms with Gasteiger partial charge in [0.15, 0.2) is 0 Å². The van der Waals surface area contributed by atoms with Crippen molar-refractivity contribution in [2.75, 3.05) is 0 Å². The standard InChI is InChI=1S/C10H8BrF3N2O/c1-6-5-16-9(17-10(12,13)14)8(4-11)7(6)2-3-15/h5H,2,4H2,1H3. The summed E-state index contributed by atoms with van der Waals surface area (Å²) in [6.07, 6.45) is -3.51. The Morgan fingerprint density at radius 2 is 2.12 bits per heavy atom. The summed E-state index contributed by atoms with van der Waals surface area (Å²) < 4.78 is 40.2. The third-order valence-electron chi connectivity index (χ3n) is 2.08. The highest BCUT2D eigenvalue weighted by molar-refractivity contribution is 9.08. The van der Waals surface area contributed by atoms with Crippen LogP contribution in [0.5, 0.6) is 5.88 Å². The van der Waals surface area contributed by atoms with E-state index in [9.17, 15) is 13.2 Å². The number of hydrogen-bond donors (Lipinski definition) is 0. The molecule has 1 heterocycles. The molecule has 7 heteroatoms. The first-order valence-corrected chi connectivity index (χ1v) is 5.67. The Balaban J connectivity index is 3.24. The zero-order valence-corrected chi connectivity index (χ0v) is 10.4. The van der Waals surface area contributed by atoms with Crippen molar-refractivity contribution >= 4 is 15.9 Å². The van der Waals surface area contributed by atoms with Crippen molar-refractivity contribution in [3.8, 4) is 11.9 Å². The highest BCUT2D eigenvalue weighted by Gasteiger charge is 2.33. The minimum atomic E-state index is -4.79. The van der Waals surface area contributed by atoms with E-state index in [-0.39, 0.29) is 17.3 Å². The number of pyridine rings is 1. The third kappa shape index (κ3) is 3.60. The van der Waals surface area contributed by atoms with Crippen LogP contribution in [-0.4, -0.2) is 11.3 Å². The topological polar surface area (TPSA) is 45.9 Å². The van der Waals surface area contributed by atoms with Crippen LogP contribution in [0, 0.1) is 18.3 Å². The van der Waals surface area contributed by atoms with E-state index in [0.717, 1.165) is 0 Å². The number of hydrogen-bond acceptors (Lipinski definition) is 3. The van der Waals surface area contributed by atoms with E-state index in [1.165, 1.54) is 6.20 Å². The molecule has 0 aromatic carbocycles. The van der Waals surface area contributed by atoms with Gasteiger partial charge >= 0.3 is 6.36 Å². The molecule has 1 aromatic rings. The van der Waals surface area contributed by atoms with E-state index >= 15 is 0 Å². The zero-order valence-electron chi connectivity index (χ0n) is 8.81. The van der Waals surface area contributed by atoms with Crippen molar-refractivity contribution < 1.29 is 17.9 Å². The van der Waals surface area contributed by atoms with Crippen LogP contribution in [0.1, 0.15) is 16.7 Å².